The number of thiazole rings is 1. The van der Waals surface area contributed by atoms with Gasteiger partial charge in [-0.2, -0.15) is 0 Å². The molecule has 2 aromatic carbocycles. The molecule has 1 aromatic heterocycles. The van der Waals surface area contributed by atoms with Crippen LogP contribution in [-0.2, 0) is 22.6 Å². The quantitative estimate of drug-likeness (QED) is 0.305. The van der Waals surface area contributed by atoms with Crippen molar-refractivity contribution >= 4 is 28.3 Å². The summed E-state index contributed by atoms with van der Waals surface area (Å²) < 4.78 is 28.7. The molecule has 0 radical (unpaired) electrons. The number of hydrogen-bond donors (Lipinski definition) is 2. The van der Waals surface area contributed by atoms with Crippen LogP contribution in [-0.4, -0.2) is 44.2 Å². The summed E-state index contributed by atoms with van der Waals surface area (Å²) in [6.07, 6.45) is 3.49. The Morgan fingerprint density at radius 2 is 1.78 bits per heavy atom. The minimum atomic E-state index is -0.301. The Morgan fingerprint density at radius 3 is 2.53 bits per heavy atom. The van der Waals surface area contributed by atoms with Crippen LogP contribution in [0.3, 0.4) is 0 Å². The van der Waals surface area contributed by atoms with E-state index in [1.807, 2.05) is 5.38 Å². The smallest absolute Gasteiger partial charge is 0.257 e. The van der Waals surface area contributed by atoms with E-state index in [2.05, 4.69) is 15.6 Å². The number of aromatic nitrogens is 1. The van der Waals surface area contributed by atoms with Gasteiger partial charge in [-0.25, -0.2) is 9.37 Å². The van der Waals surface area contributed by atoms with Crippen molar-refractivity contribution in [2.24, 2.45) is 0 Å². The number of rotatable bonds is 14. The van der Waals surface area contributed by atoms with Crippen molar-refractivity contribution < 1.29 is 28.2 Å². The number of ether oxygens (including phenoxy) is 3. The normalized spacial score (nSPS) is 10.6. The maximum absolute atomic E-state index is 12.9. The zero-order valence-electron chi connectivity index (χ0n) is 20.3. The number of methoxy groups -OCH3 is 2. The molecule has 2 amide bonds. The van der Waals surface area contributed by atoms with Crippen LogP contribution >= 0.6 is 11.3 Å². The number of unbranched alkanes of at least 4 members (excludes halogenated alkanes) is 2. The molecule has 192 valence electrons. The first-order chi connectivity index (χ1) is 17.5. The van der Waals surface area contributed by atoms with E-state index in [1.165, 1.54) is 30.6 Å². The van der Waals surface area contributed by atoms with Crippen LogP contribution in [0.25, 0.3) is 0 Å². The van der Waals surface area contributed by atoms with Gasteiger partial charge < -0.3 is 19.5 Å². The number of carbonyl (C=O) groups excluding carboxylic acids is 2. The maximum atomic E-state index is 12.9. The Kier molecular flexibility index (Phi) is 10.7. The Balaban J connectivity index is 1.29. The van der Waals surface area contributed by atoms with E-state index in [9.17, 15) is 14.0 Å². The average molecular weight is 516 g/mol. The molecule has 36 heavy (non-hydrogen) atoms. The SMILES string of the molecule is COc1ccc(C(=O)Nc2nc(CCCCCNC(=O)COCc3ccc(F)cc3)cs2)cc1OC. The van der Waals surface area contributed by atoms with E-state index in [-0.39, 0.29) is 30.8 Å². The summed E-state index contributed by atoms with van der Waals surface area (Å²) in [6.45, 7) is 0.800. The summed E-state index contributed by atoms with van der Waals surface area (Å²) in [5, 5.41) is 8.12. The van der Waals surface area contributed by atoms with Gasteiger partial charge in [-0.05, 0) is 55.2 Å². The third kappa shape index (κ3) is 8.62. The molecule has 1 heterocycles. The average Bonchev–Trinajstić information content (AvgIpc) is 3.33. The molecular formula is C26H30FN3O5S. The van der Waals surface area contributed by atoms with Gasteiger partial charge in [-0.15, -0.1) is 11.3 Å². The van der Waals surface area contributed by atoms with Crippen molar-refractivity contribution in [2.75, 3.05) is 32.7 Å². The van der Waals surface area contributed by atoms with Crippen LogP contribution in [0.5, 0.6) is 11.5 Å². The van der Waals surface area contributed by atoms with Crippen LogP contribution < -0.4 is 20.1 Å². The van der Waals surface area contributed by atoms with E-state index >= 15 is 0 Å². The van der Waals surface area contributed by atoms with Crippen molar-refractivity contribution in [3.05, 3.63) is 70.5 Å². The van der Waals surface area contributed by atoms with Crippen LogP contribution in [0.2, 0.25) is 0 Å². The second-order valence-corrected chi connectivity index (χ2v) is 8.81. The summed E-state index contributed by atoms with van der Waals surface area (Å²) in [5.74, 6) is 0.296. The Labute approximate surface area is 213 Å². The predicted molar refractivity (Wildman–Crippen MR) is 136 cm³/mol. The summed E-state index contributed by atoms with van der Waals surface area (Å²) in [4.78, 5) is 28.9. The van der Waals surface area contributed by atoms with Crippen molar-refractivity contribution in [1.82, 2.24) is 10.3 Å². The Bertz CT molecular complexity index is 1140. The fraction of sp³-hybridized carbons (Fsp3) is 0.346. The molecule has 0 unspecified atom stereocenters. The van der Waals surface area contributed by atoms with Crippen LogP contribution in [0.1, 0.15) is 40.9 Å². The van der Waals surface area contributed by atoms with Gasteiger partial charge in [0.15, 0.2) is 16.6 Å². The minimum absolute atomic E-state index is 0.0337. The zero-order valence-corrected chi connectivity index (χ0v) is 21.2. The van der Waals surface area contributed by atoms with Crippen molar-refractivity contribution in [2.45, 2.75) is 32.3 Å². The molecule has 0 aliphatic carbocycles. The topological polar surface area (TPSA) is 98.8 Å². The lowest BCUT2D eigenvalue weighted by molar-refractivity contribution is -0.126. The fourth-order valence-corrected chi connectivity index (χ4v) is 4.09. The molecule has 8 nitrogen and oxygen atoms in total. The first-order valence-corrected chi connectivity index (χ1v) is 12.4. The summed E-state index contributed by atoms with van der Waals surface area (Å²) in [7, 11) is 3.06. The van der Waals surface area contributed by atoms with Crippen molar-refractivity contribution in [1.29, 1.82) is 0 Å². The number of halogens is 1. The van der Waals surface area contributed by atoms with Crippen LogP contribution in [0.15, 0.2) is 47.8 Å². The standard InChI is InChI=1S/C26H30FN3O5S/c1-33-22-12-9-19(14-23(22)34-2)25(32)30-26-29-21(17-36-26)6-4-3-5-13-28-24(31)16-35-15-18-7-10-20(27)11-8-18/h7-12,14,17H,3-6,13,15-16H2,1-2H3,(H,28,31)(H,29,30,32). The third-order valence-corrected chi connectivity index (χ3v) is 6.07. The monoisotopic (exact) mass is 515 g/mol. The highest BCUT2D eigenvalue weighted by molar-refractivity contribution is 7.14. The zero-order chi connectivity index (χ0) is 25.8. The molecule has 0 atom stereocenters. The highest BCUT2D eigenvalue weighted by atomic mass is 32.1. The summed E-state index contributed by atoms with van der Waals surface area (Å²) in [5.41, 5.74) is 2.18. The van der Waals surface area contributed by atoms with E-state index < -0.39 is 0 Å². The molecule has 0 saturated carbocycles. The Morgan fingerprint density at radius 1 is 1.00 bits per heavy atom. The molecule has 0 bridgehead atoms. The minimum Gasteiger partial charge on any atom is -0.493 e. The Hall–Kier alpha value is -3.50. The molecular weight excluding hydrogens is 485 g/mol. The largest absolute Gasteiger partial charge is 0.493 e. The second kappa shape index (κ2) is 14.2. The van der Waals surface area contributed by atoms with Gasteiger partial charge in [0.2, 0.25) is 5.91 Å². The maximum Gasteiger partial charge on any atom is 0.257 e. The lowest BCUT2D eigenvalue weighted by atomic mass is 10.1. The highest BCUT2D eigenvalue weighted by Crippen LogP contribution is 2.28. The molecule has 3 rings (SSSR count). The van der Waals surface area contributed by atoms with Crippen LogP contribution in [0.4, 0.5) is 9.52 Å². The van der Waals surface area contributed by atoms with Crippen molar-refractivity contribution in [3.8, 4) is 11.5 Å². The third-order valence-electron chi connectivity index (χ3n) is 5.26. The molecule has 0 spiro atoms. The van der Waals surface area contributed by atoms with E-state index in [0.29, 0.717) is 28.7 Å². The lowest BCUT2D eigenvalue weighted by Gasteiger charge is -2.09. The van der Waals surface area contributed by atoms with Gasteiger partial charge in [-0.3, -0.25) is 14.9 Å². The number of carbonyl (C=O) groups is 2. The molecule has 0 saturated heterocycles. The van der Waals surface area contributed by atoms with Gasteiger partial charge in [0, 0.05) is 17.5 Å². The van der Waals surface area contributed by atoms with Gasteiger partial charge in [0.05, 0.1) is 26.5 Å². The number of nitrogens with one attached hydrogen (secondary N) is 2. The van der Waals surface area contributed by atoms with Crippen LogP contribution in [0, 0.1) is 5.82 Å². The molecule has 10 heteroatoms. The first-order valence-electron chi connectivity index (χ1n) is 11.5. The summed E-state index contributed by atoms with van der Waals surface area (Å²) in [6, 6.07) is 11.0. The van der Waals surface area contributed by atoms with Gasteiger partial charge in [-0.1, -0.05) is 18.6 Å². The second-order valence-electron chi connectivity index (χ2n) is 7.95. The van der Waals surface area contributed by atoms with E-state index in [4.69, 9.17) is 14.2 Å². The number of nitrogens with zero attached hydrogens (tertiary/aromatic N) is 1. The first kappa shape index (κ1) is 27.1. The molecule has 0 fully saturated rings. The molecule has 0 aliphatic rings. The summed E-state index contributed by atoms with van der Waals surface area (Å²) >= 11 is 1.38. The van der Waals surface area contributed by atoms with Gasteiger partial charge >= 0.3 is 0 Å². The highest BCUT2D eigenvalue weighted by Gasteiger charge is 2.13. The van der Waals surface area contributed by atoms with E-state index in [0.717, 1.165) is 36.9 Å². The fourth-order valence-electron chi connectivity index (χ4n) is 3.35. The number of anilines is 1. The number of benzene rings is 2. The molecule has 0 aliphatic heterocycles. The van der Waals surface area contributed by atoms with Gasteiger partial charge in [0.1, 0.15) is 12.4 Å². The molecule has 2 N–H and O–H groups in total. The molecule has 3 aromatic rings. The lowest BCUT2D eigenvalue weighted by Crippen LogP contribution is -2.28. The predicted octanol–water partition coefficient (Wildman–Crippen LogP) is 4.60. The van der Waals surface area contributed by atoms with Gasteiger partial charge in [0.25, 0.3) is 5.91 Å². The van der Waals surface area contributed by atoms with Crippen molar-refractivity contribution in [3.63, 3.8) is 0 Å². The number of amides is 2. The number of aryl methyl sites for hydroxylation is 1. The van der Waals surface area contributed by atoms with E-state index in [1.54, 1.807) is 37.4 Å². The number of hydrogen-bond acceptors (Lipinski definition) is 7.